The summed E-state index contributed by atoms with van der Waals surface area (Å²) in [5.74, 6) is -0.156. The number of hydrogen-bond acceptors (Lipinski definition) is 3. The maximum absolute atomic E-state index is 12.5. The molecule has 142 valence electrons. The lowest BCUT2D eigenvalue weighted by Gasteiger charge is -2.19. The molecule has 4 nitrogen and oxygen atoms in total. The van der Waals surface area contributed by atoms with Crippen LogP contribution in [0.4, 0.5) is 0 Å². The molecule has 0 aliphatic heterocycles. The zero-order valence-electron chi connectivity index (χ0n) is 16.3. The number of thiazole rings is 1. The van der Waals surface area contributed by atoms with Gasteiger partial charge in [0.25, 0.3) is 5.91 Å². The Morgan fingerprint density at radius 1 is 1.04 bits per heavy atom. The third kappa shape index (κ3) is 3.85. The van der Waals surface area contributed by atoms with E-state index in [1.807, 2.05) is 28.8 Å². The quantitative estimate of drug-likeness (QED) is 0.515. The zero-order valence-corrected chi connectivity index (χ0v) is 17.1. The molecule has 0 unspecified atom stereocenters. The number of fused-ring (bicyclic) bond motifs is 1. The lowest BCUT2D eigenvalue weighted by molar-refractivity contribution is 0.0946. The number of benzene rings is 2. The number of rotatable bonds is 4. The lowest BCUT2D eigenvalue weighted by Crippen LogP contribution is -2.23. The normalized spacial score (nSPS) is 11.7. The van der Waals surface area contributed by atoms with Crippen molar-refractivity contribution < 1.29 is 4.79 Å². The smallest absolute Gasteiger partial charge is 0.271 e. The van der Waals surface area contributed by atoms with Crippen molar-refractivity contribution in [3.63, 3.8) is 0 Å². The van der Waals surface area contributed by atoms with Crippen LogP contribution in [0.15, 0.2) is 67.0 Å². The summed E-state index contributed by atoms with van der Waals surface area (Å²) in [6.07, 6.45) is 3.81. The maximum atomic E-state index is 12.5. The Bertz CT molecular complexity index is 1070. The predicted octanol–water partition coefficient (Wildman–Crippen LogP) is 5.29. The summed E-state index contributed by atoms with van der Waals surface area (Å²) in [5.41, 5.74) is 4.09. The minimum atomic E-state index is -0.156. The van der Waals surface area contributed by atoms with Crippen LogP contribution in [0.3, 0.4) is 0 Å². The van der Waals surface area contributed by atoms with E-state index >= 15 is 0 Å². The SMILES string of the molecule is CC(C)(C)c1ccc(CNC(=O)c2cn3cc(-c4ccccc4)sc3n2)cc1. The first-order valence-corrected chi connectivity index (χ1v) is 10.1. The summed E-state index contributed by atoms with van der Waals surface area (Å²) in [7, 11) is 0. The molecular formula is C23H23N3OS. The summed E-state index contributed by atoms with van der Waals surface area (Å²) >= 11 is 1.58. The monoisotopic (exact) mass is 389 g/mol. The number of amides is 1. The largest absolute Gasteiger partial charge is 0.347 e. The molecule has 0 atom stereocenters. The van der Waals surface area contributed by atoms with Crippen LogP contribution in [0, 0.1) is 0 Å². The molecule has 28 heavy (non-hydrogen) atoms. The Balaban J connectivity index is 1.43. The second-order valence-electron chi connectivity index (χ2n) is 7.91. The summed E-state index contributed by atoms with van der Waals surface area (Å²) in [6, 6.07) is 18.6. The highest BCUT2D eigenvalue weighted by molar-refractivity contribution is 7.20. The first-order chi connectivity index (χ1) is 13.4. The first kappa shape index (κ1) is 18.4. The van der Waals surface area contributed by atoms with Crippen LogP contribution in [0.2, 0.25) is 0 Å². The molecule has 2 heterocycles. The van der Waals surface area contributed by atoms with E-state index in [0.717, 1.165) is 21.0 Å². The molecule has 0 radical (unpaired) electrons. The van der Waals surface area contributed by atoms with Gasteiger partial charge in [-0.05, 0) is 22.1 Å². The molecular weight excluding hydrogens is 366 g/mol. The number of nitrogens with zero attached hydrogens (tertiary/aromatic N) is 2. The minimum absolute atomic E-state index is 0.128. The molecule has 2 aromatic carbocycles. The molecule has 1 amide bonds. The third-order valence-electron chi connectivity index (χ3n) is 4.72. The van der Waals surface area contributed by atoms with Crippen LogP contribution in [-0.4, -0.2) is 15.3 Å². The van der Waals surface area contributed by atoms with E-state index in [4.69, 9.17) is 0 Å². The average molecular weight is 390 g/mol. The van der Waals surface area contributed by atoms with Crippen LogP contribution in [0.25, 0.3) is 15.4 Å². The van der Waals surface area contributed by atoms with Crippen molar-refractivity contribution >= 4 is 22.2 Å². The third-order valence-corrected chi connectivity index (χ3v) is 5.77. The van der Waals surface area contributed by atoms with E-state index in [0.29, 0.717) is 12.2 Å². The van der Waals surface area contributed by atoms with Crippen molar-refractivity contribution in [2.24, 2.45) is 0 Å². The summed E-state index contributed by atoms with van der Waals surface area (Å²) < 4.78 is 1.92. The van der Waals surface area contributed by atoms with Gasteiger partial charge in [0.15, 0.2) is 4.96 Å². The predicted molar refractivity (Wildman–Crippen MR) is 115 cm³/mol. The highest BCUT2D eigenvalue weighted by Crippen LogP contribution is 2.28. The fraction of sp³-hybridized carbons (Fsp3) is 0.217. The second kappa shape index (κ2) is 7.24. The lowest BCUT2D eigenvalue weighted by atomic mass is 9.87. The molecule has 0 spiro atoms. The molecule has 0 saturated heterocycles. The van der Waals surface area contributed by atoms with Crippen LogP contribution in [-0.2, 0) is 12.0 Å². The number of hydrogen-bond donors (Lipinski definition) is 1. The van der Waals surface area contributed by atoms with Gasteiger partial charge in [-0.25, -0.2) is 4.98 Å². The molecule has 0 fully saturated rings. The maximum Gasteiger partial charge on any atom is 0.271 e. The van der Waals surface area contributed by atoms with Gasteiger partial charge in [-0.15, -0.1) is 0 Å². The average Bonchev–Trinajstić information content (AvgIpc) is 3.26. The van der Waals surface area contributed by atoms with Crippen molar-refractivity contribution in [3.8, 4) is 10.4 Å². The standard InChI is InChI=1S/C23H23N3OS/c1-23(2,3)18-11-9-16(10-12-18)13-24-21(27)19-14-26-15-20(28-22(26)25-19)17-7-5-4-6-8-17/h4-12,14-15H,13H2,1-3H3,(H,24,27). The molecule has 5 heteroatoms. The van der Waals surface area contributed by atoms with Crippen LogP contribution >= 0.6 is 11.3 Å². The van der Waals surface area contributed by atoms with Crippen molar-refractivity contribution in [1.82, 2.24) is 14.7 Å². The van der Waals surface area contributed by atoms with E-state index in [2.05, 4.69) is 67.5 Å². The summed E-state index contributed by atoms with van der Waals surface area (Å²) in [5, 5.41) is 2.96. The topological polar surface area (TPSA) is 46.4 Å². The van der Waals surface area contributed by atoms with E-state index in [1.54, 1.807) is 17.5 Å². The van der Waals surface area contributed by atoms with Gasteiger partial charge in [-0.3, -0.25) is 9.20 Å². The van der Waals surface area contributed by atoms with Crippen molar-refractivity contribution in [2.45, 2.75) is 32.7 Å². The zero-order chi connectivity index (χ0) is 19.7. The van der Waals surface area contributed by atoms with Crippen molar-refractivity contribution in [3.05, 3.63) is 83.8 Å². The number of nitrogens with one attached hydrogen (secondary N) is 1. The van der Waals surface area contributed by atoms with Gasteiger partial charge in [0.1, 0.15) is 5.69 Å². The van der Waals surface area contributed by atoms with Gasteiger partial charge in [-0.1, -0.05) is 86.7 Å². The fourth-order valence-corrected chi connectivity index (χ4v) is 4.01. The molecule has 1 N–H and O–H groups in total. The number of aromatic nitrogens is 2. The van der Waals surface area contributed by atoms with E-state index in [1.165, 1.54) is 5.56 Å². The molecule has 4 rings (SSSR count). The molecule has 0 saturated carbocycles. The van der Waals surface area contributed by atoms with Crippen molar-refractivity contribution in [1.29, 1.82) is 0 Å². The number of carbonyl (C=O) groups excluding carboxylic acids is 1. The van der Waals surface area contributed by atoms with E-state index in [-0.39, 0.29) is 11.3 Å². The highest BCUT2D eigenvalue weighted by Gasteiger charge is 2.15. The van der Waals surface area contributed by atoms with Gasteiger partial charge in [0.2, 0.25) is 0 Å². The van der Waals surface area contributed by atoms with Crippen LogP contribution in [0.1, 0.15) is 42.4 Å². The Hall–Kier alpha value is -2.92. The van der Waals surface area contributed by atoms with Gasteiger partial charge < -0.3 is 5.32 Å². The fourth-order valence-electron chi connectivity index (χ4n) is 3.04. The number of imidazole rings is 1. The summed E-state index contributed by atoms with van der Waals surface area (Å²) in [6.45, 7) is 7.07. The van der Waals surface area contributed by atoms with Gasteiger partial charge in [0.05, 0.1) is 4.88 Å². The highest BCUT2D eigenvalue weighted by atomic mass is 32.1. The molecule has 0 bridgehead atoms. The van der Waals surface area contributed by atoms with Gasteiger partial charge >= 0.3 is 0 Å². The molecule has 4 aromatic rings. The van der Waals surface area contributed by atoms with Gasteiger partial charge in [0, 0.05) is 18.9 Å². The molecule has 2 aromatic heterocycles. The minimum Gasteiger partial charge on any atom is -0.347 e. The molecule has 0 aliphatic rings. The Kier molecular flexibility index (Phi) is 4.77. The van der Waals surface area contributed by atoms with Crippen molar-refractivity contribution in [2.75, 3.05) is 0 Å². The molecule has 0 aliphatic carbocycles. The number of carbonyl (C=O) groups is 1. The van der Waals surface area contributed by atoms with E-state index in [9.17, 15) is 4.79 Å². The van der Waals surface area contributed by atoms with E-state index < -0.39 is 0 Å². The van der Waals surface area contributed by atoms with Crippen LogP contribution in [0.5, 0.6) is 0 Å². The second-order valence-corrected chi connectivity index (χ2v) is 8.92. The first-order valence-electron chi connectivity index (χ1n) is 9.32. The summed E-state index contributed by atoms with van der Waals surface area (Å²) in [4.78, 5) is 18.9. The Morgan fingerprint density at radius 2 is 1.75 bits per heavy atom. The van der Waals surface area contributed by atoms with Crippen LogP contribution < -0.4 is 5.32 Å². The Labute approximate surface area is 168 Å². The Morgan fingerprint density at radius 3 is 2.39 bits per heavy atom. The van der Waals surface area contributed by atoms with Gasteiger partial charge in [-0.2, -0.15) is 0 Å².